The van der Waals surface area contributed by atoms with Gasteiger partial charge in [-0.25, -0.2) is 14.2 Å². The van der Waals surface area contributed by atoms with Crippen LogP contribution in [0.15, 0.2) is 30.5 Å². The fourth-order valence-corrected chi connectivity index (χ4v) is 5.52. The van der Waals surface area contributed by atoms with E-state index >= 15 is 0 Å². The Hall–Kier alpha value is -3.46. The maximum Gasteiger partial charge on any atom is 0.335 e. The van der Waals surface area contributed by atoms with Crippen molar-refractivity contribution in [1.82, 2.24) is 19.7 Å². The highest BCUT2D eigenvalue weighted by Gasteiger charge is 2.44. The van der Waals surface area contributed by atoms with Gasteiger partial charge in [-0.1, -0.05) is 13.8 Å². The van der Waals surface area contributed by atoms with E-state index in [4.69, 9.17) is 14.5 Å². The molecule has 0 amide bonds. The van der Waals surface area contributed by atoms with E-state index < -0.39 is 17.4 Å². The van der Waals surface area contributed by atoms with Crippen molar-refractivity contribution in [2.24, 2.45) is 0 Å². The number of benzene rings is 1. The molecule has 35 heavy (non-hydrogen) atoms. The van der Waals surface area contributed by atoms with Crippen LogP contribution < -0.4 is 4.74 Å². The molecule has 0 spiro atoms. The molecule has 2 N–H and O–H groups in total. The number of carboxylic acids is 1. The number of carbonyl (C=O) groups is 1. The number of nitrogens with one attached hydrogen (secondary N) is 1. The largest absolute Gasteiger partial charge is 0.494 e. The third-order valence-electron chi connectivity index (χ3n) is 7.34. The molecule has 4 aromatic rings. The van der Waals surface area contributed by atoms with Gasteiger partial charge in [0.25, 0.3) is 0 Å². The van der Waals surface area contributed by atoms with Crippen LogP contribution in [0.25, 0.3) is 27.8 Å². The molecule has 1 aliphatic carbocycles. The lowest BCUT2D eigenvalue weighted by Crippen LogP contribution is -2.43. The minimum atomic E-state index is -1.15. The summed E-state index contributed by atoms with van der Waals surface area (Å²) in [5, 5.41) is 17.8. The van der Waals surface area contributed by atoms with E-state index in [0.29, 0.717) is 31.3 Å². The predicted octanol–water partition coefficient (Wildman–Crippen LogP) is 5.30. The number of aromatic nitrogens is 4. The Bertz CT molecular complexity index is 1420. The standard InChI is InChI=1S/C26H29FN4O4/c1-14(2)23-21(15-7-9-26(35-4,10-8-15)25(32)33)22-19(11-16-13-28-30-24(16)29-22)31(23)17-5-6-18(27)20(12-17)34-3/h5-6,11-15H,7-10H2,1-4H3,(H,32,33)(H,28,29,30)/t15-,26+. The van der Waals surface area contributed by atoms with E-state index in [1.54, 1.807) is 18.3 Å². The highest BCUT2D eigenvalue weighted by atomic mass is 19.1. The van der Waals surface area contributed by atoms with Gasteiger partial charge in [0.05, 0.1) is 24.3 Å². The van der Waals surface area contributed by atoms with Crippen molar-refractivity contribution >= 4 is 28.0 Å². The SMILES string of the molecule is COc1cc(-n2c(C(C)C)c([C@H]3CC[C@](OC)(C(=O)O)CC3)c3nc4[nH]ncc4cc32)ccc1F. The van der Waals surface area contributed by atoms with Gasteiger partial charge in [0.15, 0.2) is 22.8 Å². The summed E-state index contributed by atoms with van der Waals surface area (Å²) in [6.07, 6.45) is 3.90. The van der Waals surface area contributed by atoms with Crippen LogP contribution in [0.5, 0.6) is 5.75 Å². The Kier molecular flexibility index (Phi) is 5.75. The first kappa shape index (κ1) is 23.3. The number of rotatable bonds is 6. The minimum absolute atomic E-state index is 0.106. The van der Waals surface area contributed by atoms with Crippen LogP contribution in [0, 0.1) is 5.82 Å². The van der Waals surface area contributed by atoms with Crippen molar-refractivity contribution in [3.05, 3.63) is 47.5 Å². The molecule has 5 rings (SSSR count). The molecule has 1 fully saturated rings. The molecular formula is C26H29FN4O4. The van der Waals surface area contributed by atoms with Crippen LogP contribution in [0.2, 0.25) is 0 Å². The second-order valence-corrected chi connectivity index (χ2v) is 9.55. The van der Waals surface area contributed by atoms with E-state index in [0.717, 1.165) is 33.4 Å². The van der Waals surface area contributed by atoms with E-state index in [-0.39, 0.29) is 17.6 Å². The summed E-state index contributed by atoms with van der Waals surface area (Å²) >= 11 is 0. The second-order valence-electron chi connectivity index (χ2n) is 9.55. The van der Waals surface area contributed by atoms with E-state index in [9.17, 15) is 14.3 Å². The normalized spacial score (nSPS) is 20.7. The molecule has 184 valence electrons. The van der Waals surface area contributed by atoms with Crippen molar-refractivity contribution in [1.29, 1.82) is 0 Å². The average molecular weight is 481 g/mol. The Morgan fingerprint density at radius 2 is 2.00 bits per heavy atom. The fraction of sp³-hybridized carbons (Fsp3) is 0.423. The number of aliphatic carboxylic acids is 1. The molecule has 0 bridgehead atoms. The molecule has 3 aromatic heterocycles. The first-order valence-electron chi connectivity index (χ1n) is 11.8. The van der Waals surface area contributed by atoms with Crippen molar-refractivity contribution in [2.75, 3.05) is 14.2 Å². The summed E-state index contributed by atoms with van der Waals surface area (Å²) in [6, 6.07) is 6.90. The number of ether oxygens (including phenoxy) is 2. The molecule has 3 heterocycles. The van der Waals surface area contributed by atoms with Crippen LogP contribution in [-0.4, -0.2) is 50.6 Å². The average Bonchev–Trinajstić information content (AvgIpc) is 3.44. The van der Waals surface area contributed by atoms with E-state index in [1.165, 1.54) is 20.3 Å². The second kappa shape index (κ2) is 8.64. The molecule has 1 aromatic carbocycles. The molecule has 9 heteroatoms. The summed E-state index contributed by atoms with van der Waals surface area (Å²) in [6.45, 7) is 4.25. The summed E-state index contributed by atoms with van der Waals surface area (Å²) in [7, 11) is 2.92. The van der Waals surface area contributed by atoms with Gasteiger partial charge in [-0.05, 0) is 55.7 Å². The molecule has 0 radical (unpaired) electrons. The number of methoxy groups -OCH3 is 2. The fourth-order valence-electron chi connectivity index (χ4n) is 5.52. The smallest absolute Gasteiger partial charge is 0.335 e. The van der Waals surface area contributed by atoms with Crippen LogP contribution in [0.4, 0.5) is 4.39 Å². The lowest BCUT2D eigenvalue weighted by atomic mass is 9.75. The predicted molar refractivity (Wildman–Crippen MR) is 130 cm³/mol. The van der Waals surface area contributed by atoms with Crippen LogP contribution in [0.1, 0.15) is 62.6 Å². The number of hydrogen-bond acceptors (Lipinski definition) is 5. The van der Waals surface area contributed by atoms with Gasteiger partial charge in [-0.3, -0.25) is 5.10 Å². The Labute approximate surface area is 202 Å². The van der Waals surface area contributed by atoms with Gasteiger partial charge in [0, 0.05) is 35.5 Å². The monoisotopic (exact) mass is 480 g/mol. The molecule has 0 saturated heterocycles. The van der Waals surface area contributed by atoms with Crippen LogP contribution >= 0.6 is 0 Å². The van der Waals surface area contributed by atoms with Gasteiger partial charge in [-0.2, -0.15) is 5.10 Å². The zero-order valence-corrected chi connectivity index (χ0v) is 20.3. The van der Waals surface area contributed by atoms with Crippen LogP contribution in [0.3, 0.4) is 0 Å². The number of hydrogen-bond donors (Lipinski definition) is 2. The molecule has 0 unspecified atom stereocenters. The van der Waals surface area contributed by atoms with E-state index in [1.807, 2.05) is 6.07 Å². The quantitative estimate of drug-likeness (QED) is 0.388. The zero-order chi connectivity index (χ0) is 24.9. The molecule has 1 saturated carbocycles. The Morgan fingerprint density at radius 3 is 2.63 bits per heavy atom. The van der Waals surface area contributed by atoms with Gasteiger partial charge < -0.3 is 19.1 Å². The minimum Gasteiger partial charge on any atom is -0.494 e. The number of pyridine rings is 1. The lowest BCUT2D eigenvalue weighted by molar-refractivity contribution is -0.166. The summed E-state index contributed by atoms with van der Waals surface area (Å²) < 4.78 is 27.1. The number of nitrogens with zero attached hydrogens (tertiary/aromatic N) is 3. The van der Waals surface area contributed by atoms with Gasteiger partial charge in [-0.15, -0.1) is 0 Å². The highest BCUT2D eigenvalue weighted by Crippen LogP contribution is 2.46. The van der Waals surface area contributed by atoms with Crippen molar-refractivity contribution in [3.8, 4) is 11.4 Å². The van der Waals surface area contributed by atoms with Crippen molar-refractivity contribution < 1.29 is 23.8 Å². The van der Waals surface area contributed by atoms with Crippen LogP contribution in [-0.2, 0) is 9.53 Å². The first-order chi connectivity index (χ1) is 16.8. The van der Waals surface area contributed by atoms with Crippen molar-refractivity contribution in [3.63, 3.8) is 0 Å². The number of fused-ring (bicyclic) bond motifs is 2. The molecule has 0 aliphatic heterocycles. The molecule has 0 atom stereocenters. The lowest BCUT2D eigenvalue weighted by Gasteiger charge is -2.36. The molecule has 8 nitrogen and oxygen atoms in total. The first-order valence-corrected chi connectivity index (χ1v) is 11.8. The highest BCUT2D eigenvalue weighted by molar-refractivity contribution is 5.93. The maximum absolute atomic E-state index is 14.3. The Balaban J connectivity index is 1.75. The van der Waals surface area contributed by atoms with Gasteiger partial charge >= 0.3 is 5.97 Å². The van der Waals surface area contributed by atoms with E-state index in [2.05, 4.69) is 28.6 Å². The third-order valence-corrected chi connectivity index (χ3v) is 7.34. The Morgan fingerprint density at radius 1 is 1.26 bits per heavy atom. The maximum atomic E-state index is 14.3. The number of H-pyrrole nitrogens is 1. The molecular weight excluding hydrogens is 451 g/mol. The summed E-state index contributed by atoms with van der Waals surface area (Å²) in [5.41, 5.74) is 4.24. The number of halogens is 1. The third kappa shape index (κ3) is 3.65. The van der Waals surface area contributed by atoms with Crippen molar-refractivity contribution in [2.45, 2.75) is 57.0 Å². The number of aromatic amines is 1. The summed E-state index contributed by atoms with van der Waals surface area (Å²) in [5.74, 6) is -0.942. The summed E-state index contributed by atoms with van der Waals surface area (Å²) in [4.78, 5) is 16.9. The molecule has 1 aliphatic rings. The number of carboxylic acid groups (broad SMARTS) is 1. The topological polar surface area (TPSA) is 102 Å². The van der Waals surface area contributed by atoms with Gasteiger partial charge in [0.2, 0.25) is 0 Å². The zero-order valence-electron chi connectivity index (χ0n) is 20.3. The van der Waals surface area contributed by atoms with Gasteiger partial charge in [0.1, 0.15) is 0 Å².